The Labute approximate surface area is 115 Å². The van der Waals surface area contributed by atoms with Gasteiger partial charge < -0.3 is 11.5 Å². The molecule has 0 bridgehead atoms. The number of amides is 1. The fourth-order valence-corrected chi connectivity index (χ4v) is 3.06. The van der Waals surface area contributed by atoms with Crippen LogP contribution in [0.3, 0.4) is 0 Å². The number of carbonyl (C=O) groups excluding carboxylic acids is 1. The summed E-state index contributed by atoms with van der Waals surface area (Å²) in [7, 11) is 0. The van der Waals surface area contributed by atoms with Gasteiger partial charge in [0.05, 0.1) is 0 Å². The van der Waals surface area contributed by atoms with E-state index in [-0.39, 0.29) is 0 Å². The van der Waals surface area contributed by atoms with E-state index in [1.165, 1.54) is 0 Å². The summed E-state index contributed by atoms with van der Waals surface area (Å²) in [6.07, 6.45) is 0. The Balaban J connectivity index is 2.41. The summed E-state index contributed by atoms with van der Waals surface area (Å²) >= 11 is 0. The van der Waals surface area contributed by atoms with Crippen LogP contribution < -0.4 is 11.5 Å². The first-order valence-corrected chi connectivity index (χ1v) is 6.42. The van der Waals surface area contributed by atoms with Crippen LogP contribution in [-0.2, 0) is 0 Å². The summed E-state index contributed by atoms with van der Waals surface area (Å²) in [5.74, 6) is -0.449. The predicted octanol–water partition coefficient (Wildman–Crippen LogP) is 3.27. The largest absolute Gasteiger partial charge is 0.398 e. The Kier molecular flexibility index (Phi) is 1.99. The van der Waals surface area contributed by atoms with Gasteiger partial charge in [0.25, 0.3) is 0 Å². The molecule has 0 aromatic heterocycles. The number of nitrogen functional groups attached to an aromatic ring is 1. The van der Waals surface area contributed by atoms with Crippen molar-refractivity contribution in [3.63, 3.8) is 0 Å². The minimum atomic E-state index is -0.449. The van der Waals surface area contributed by atoms with Crippen molar-refractivity contribution in [2.45, 2.75) is 0 Å². The maximum Gasteiger partial charge on any atom is 0.249 e. The molecule has 4 N–H and O–H groups in total. The number of primary amides is 1. The van der Waals surface area contributed by atoms with Crippen molar-refractivity contribution in [1.29, 1.82) is 0 Å². The van der Waals surface area contributed by atoms with Gasteiger partial charge in [-0.1, -0.05) is 42.5 Å². The molecule has 0 heterocycles. The number of anilines is 1. The van der Waals surface area contributed by atoms with Gasteiger partial charge in [-0.15, -0.1) is 0 Å². The maximum absolute atomic E-state index is 11.7. The zero-order valence-electron chi connectivity index (χ0n) is 10.7. The molecule has 0 fully saturated rings. The van der Waals surface area contributed by atoms with Crippen LogP contribution in [0.25, 0.3) is 32.3 Å². The van der Waals surface area contributed by atoms with Crippen LogP contribution in [0.2, 0.25) is 0 Å². The van der Waals surface area contributed by atoms with Crippen molar-refractivity contribution >= 4 is 43.9 Å². The first-order chi connectivity index (χ1) is 9.66. The Hall–Kier alpha value is -2.81. The number of rotatable bonds is 1. The fourth-order valence-electron chi connectivity index (χ4n) is 3.06. The minimum absolute atomic E-state index is 0.449. The molecule has 3 nitrogen and oxygen atoms in total. The third-order valence-electron chi connectivity index (χ3n) is 3.94. The summed E-state index contributed by atoms with van der Waals surface area (Å²) in [4.78, 5) is 11.7. The lowest BCUT2D eigenvalue weighted by atomic mass is 9.91. The van der Waals surface area contributed by atoms with E-state index in [2.05, 4.69) is 18.2 Å². The normalized spacial score (nSPS) is 11.6. The molecule has 20 heavy (non-hydrogen) atoms. The number of hydrogen-bond acceptors (Lipinski definition) is 2. The van der Waals surface area contributed by atoms with Crippen molar-refractivity contribution in [2.24, 2.45) is 5.73 Å². The number of nitrogens with two attached hydrogens (primary N) is 2. The lowest BCUT2D eigenvalue weighted by Gasteiger charge is -2.14. The van der Waals surface area contributed by atoms with Gasteiger partial charge in [-0.25, -0.2) is 0 Å². The van der Waals surface area contributed by atoms with E-state index in [1.807, 2.05) is 24.3 Å². The van der Waals surface area contributed by atoms with Crippen molar-refractivity contribution in [3.05, 3.63) is 54.1 Å². The molecular weight excluding hydrogens is 248 g/mol. The van der Waals surface area contributed by atoms with Crippen molar-refractivity contribution in [3.8, 4) is 0 Å². The van der Waals surface area contributed by atoms with Crippen molar-refractivity contribution in [1.82, 2.24) is 0 Å². The van der Waals surface area contributed by atoms with E-state index in [0.29, 0.717) is 11.3 Å². The van der Waals surface area contributed by atoms with E-state index >= 15 is 0 Å². The van der Waals surface area contributed by atoms with E-state index in [1.54, 1.807) is 6.07 Å². The van der Waals surface area contributed by atoms with Gasteiger partial charge in [0.2, 0.25) is 5.91 Å². The molecule has 3 heteroatoms. The number of benzene rings is 4. The van der Waals surface area contributed by atoms with Crippen molar-refractivity contribution < 1.29 is 4.79 Å². The van der Waals surface area contributed by atoms with Crippen LogP contribution in [-0.4, -0.2) is 5.91 Å². The lowest BCUT2D eigenvalue weighted by Crippen LogP contribution is -2.12. The highest BCUT2D eigenvalue weighted by Gasteiger charge is 2.15. The maximum atomic E-state index is 11.7. The van der Waals surface area contributed by atoms with Gasteiger partial charge in [-0.3, -0.25) is 4.79 Å². The summed E-state index contributed by atoms with van der Waals surface area (Å²) in [6, 6.07) is 15.9. The first kappa shape index (κ1) is 11.1. The van der Waals surface area contributed by atoms with Crippen LogP contribution >= 0.6 is 0 Å². The van der Waals surface area contributed by atoms with E-state index in [0.717, 1.165) is 32.3 Å². The topological polar surface area (TPSA) is 69.1 Å². The molecule has 0 spiro atoms. The second-order valence-corrected chi connectivity index (χ2v) is 5.06. The van der Waals surface area contributed by atoms with Gasteiger partial charge >= 0.3 is 0 Å². The number of hydrogen-bond donors (Lipinski definition) is 2. The molecule has 0 aliphatic rings. The zero-order valence-corrected chi connectivity index (χ0v) is 10.7. The smallest absolute Gasteiger partial charge is 0.249 e. The molecule has 0 aliphatic heterocycles. The summed E-state index contributed by atoms with van der Waals surface area (Å²) < 4.78 is 0. The molecular formula is C17H12N2O. The van der Waals surface area contributed by atoms with Crippen LogP contribution in [0.1, 0.15) is 10.4 Å². The van der Waals surface area contributed by atoms with E-state index < -0.39 is 5.91 Å². The Morgan fingerprint density at radius 3 is 2.15 bits per heavy atom. The average molecular weight is 260 g/mol. The molecule has 0 unspecified atom stereocenters. The molecule has 4 rings (SSSR count). The summed E-state index contributed by atoms with van der Waals surface area (Å²) in [5, 5.41) is 6.27. The minimum Gasteiger partial charge on any atom is -0.398 e. The lowest BCUT2D eigenvalue weighted by molar-refractivity contribution is 0.100. The molecule has 0 aliphatic carbocycles. The van der Waals surface area contributed by atoms with Crippen LogP contribution in [0, 0.1) is 0 Å². The Bertz CT molecular complexity index is 973. The molecule has 0 saturated carbocycles. The zero-order chi connectivity index (χ0) is 13.9. The molecule has 0 atom stereocenters. The number of carbonyl (C=O) groups is 1. The third-order valence-corrected chi connectivity index (χ3v) is 3.94. The highest BCUT2D eigenvalue weighted by Crippen LogP contribution is 2.38. The standard InChI is InChI=1S/C17H12N2O/c18-14-8-13(17(19)20)11-6-4-9-2-1-3-10-5-7-12(14)16(11)15(9)10/h1-8H,18H2,(H2,19,20). The third kappa shape index (κ3) is 1.26. The molecule has 0 saturated heterocycles. The summed E-state index contributed by atoms with van der Waals surface area (Å²) in [6.45, 7) is 0. The first-order valence-electron chi connectivity index (χ1n) is 6.42. The van der Waals surface area contributed by atoms with Gasteiger partial charge in [0.15, 0.2) is 0 Å². The predicted molar refractivity (Wildman–Crippen MR) is 83.1 cm³/mol. The molecule has 4 aromatic rings. The molecule has 1 amide bonds. The van der Waals surface area contributed by atoms with Gasteiger partial charge in [-0.2, -0.15) is 0 Å². The van der Waals surface area contributed by atoms with E-state index in [4.69, 9.17) is 11.5 Å². The highest BCUT2D eigenvalue weighted by atomic mass is 16.1. The molecule has 4 aromatic carbocycles. The molecule has 96 valence electrons. The summed E-state index contributed by atoms with van der Waals surface area (Å²) in [5.41, 5.74) is 12.7. The second-order valence-electron chi connectivity index (χ2n) is 5.06. The van der Waals surface area contributed by atoms with Gasteiger partial charge in [-0.05, 0) is 27.6 Å². The second kappa shape index (κ2) is 3.61. The fraction of sp³-hybridized carbons (Fsp3) is 0. The molecule has 0 radical (unpaired) electrons. The van der Waals surface area contributed by atoms with Gasteiger partial charge in [0.1, 0.15) is 0 Å². The quantitative estimate of drug-likeness (QED) is 0.407. The Morgan fingerprint density at radius 2 is 1.50 bits per heavy atom. The highest BCUT2D eigenvalue weighted by molar-refractivity contribution is 6.28. The van der Waals surface area contributed by atoms with E-state index in [9.17, 15) is 4.79 Å². The van der Waals surface area contributed by atoms with Gasteiger partial charge in [0, 0.05) is 22.0 Å². The monoisotopic (exact) mass is 260 g/mol. The van der Waals surface area contributed by atoms with Crippen LogP contribution in [0.5, 0.6) is 0 Å². The van der Waals surface area contributed by atoms with Crippen LogP contribution in [0.15, 0.2) is 48.5 Å². The Morgan fingerprint density at radius 1 is 0.850 bits per heavy atom. The average Bonchev–Trinajstić information content (AvgIpc) is 2.46. The van der Waals surface area contributed by atoms with Crippen molar-refractivity contribution in [2.75, 3.05) is 5.73 Å². The van der Waals surface area contributed by atoms with Crippen LogP contribution in [0.4, 0.5) is 5.69 Å². The SMILES string of the molecule is NC(=O)c1cc(N)c2ccc3cccc4ccc1c2c34.